The van der Waals surface area contributed by atoms with Gasteiger partial charge in [0.1, 0.15) is 5.58 Å². The highest BCUT2D eigenvalue weighted by Crippen LogP contribution is 2.23. The van der Waals surface area contributed by atoms with E-state index in [2.05, 4.69) is 27.8 Å². The summed E-state index contributed by atoms with van der Waals surface area (Å²) in [6.45, 7) is 4.66. The van der Waals surface area contributed by atoms with Crippen LogP contribution in [0.3, 0.4) is 0 Å². The Hall–Kier alpha value is -2.00. The van der Waals surface area contributed by atoms with Crippen molar-refractivity contribution in [3.05, 3.63) is 74.6 Å². The van der Waals surface area contributed by atoms with Gasteiger partial charge in [0.25, 0.3) is 0 Å². The molecule has 0 spiro atoms. The summed E-state index contributed by atoms with van der Waals surface area (Å²) < 4.78 is 33.5. The standard InChI is InChI=1S/C22H23BrN2O4S/c1-2-16-6-7-20-17(13-22(26)29-21(20)12-16)15-24-8-10-25(11-9-24)30(27,28)19-5-3-4-18(23)14-19/h3-7,12-14H,2,8-11,15H2,1H3. The summed E-state index contributed by atoms with van der Waals surface area (Å²) in [5, 5.41) is 0.927. The van der Waals surface area contributed by atoms with Crippen LogP contribution in [0, 0.1) is 0 Å². The maximum absolute atomic E-state index is 12.9. The Labute approximate surface area is 184 Å². The second-order valence-electron chi connectivity index (χ2n) is 7.41. The summed E-state index contributed by atoms with van der Waals surface area (Å²) in [4.78, 5) is 14.5. The third-order valence-electron chi connectivity index (χ3n) is 5.46. The van der Waals surface area contributed by atoms with Crippen molar-refractivity contribution in [1.29, 1.82) is 0 Å². The number of sulfonamides is 1. The minimum atomic E-state index is -3.52. The first-order valence-electron chi connectivity index (χ1n) is 9.90. The monoisotopic (exact) mass is 490 g/mol. The average molecular weight is 491 g/mol. The first kappa shape index (κ1) is 21.2. The number of fused-ring (bicyclic) bond motifs is 1. The molecule has 2 aromatic carbocycles. The Morgan fingerprint density at radius 1 is 1.03 bits per heavy atom. The molecule has 0 N–H and O–H groups in total. The molecule has 1 aliphatic rings. The highest BCUT2D eigenvalue weighted by molar-refractivity contribution is 9.10. The van der Waals surface area contributed by atoms with Gasteiger partial charge in [-0.15, -0.1) is 0 Å². The highest BCUT2D eigenvalue weighted by atomic mass is 79.9. The van der Waals surface area contributed by atoms with Crippen LogP contribution in [0.4, 0.5) is 0 Å². The predicted molar refractivity (Wildman–Crippen MR) is 120 cm³/mol. The third kappa shape index (κ3) is 4.37. The molecule has 1 aromatic heterocycles. The zero-order chi connectivity index (χ0) is 21.3. The van der Waals surface area contributed by atoms with E-state index in [4.69, 9.17) is 4.42 Å². The fraction of sp³-hybridized carbons (Fsp3) is 0.318. The van der Waals surface area contributed by atoms with Crippen LogP contribution in [0.25, 0.3) is 11.0 Å². The van der Waals surface area contributed by atoms with E-state index in [9.17, 15) is 13.2 Å². The van der Waals surface area contributed by atoms with E-state index in [-0.39, 0.29) is 5.63 Å². The lowest BCUT2D eigenvalue weighted by Crippen LogP contribution is -2.48. The van der Waals surface area contributed by atoms with Gasteiger partial charge in [0.2, 0.25) is 10.0 Å². The van der Waals surface area contributed by atoms with Gasteiger partial charge in [-0.05, 0) is 41.8 Å². The molecule has 30 heavy (non-hydrogen) atoms. The van der Waals surface area contributed by atoms with E-state index in [1.165, 1.54) is 4.31 Å². The number of hydrogen-bond donors (Lipinski definition) is 0. The molecule has 0 unspecified atom stereocenters. The van der Waals surface area contributed by atoms with Gasteiger partial charge in [-0.25, -0.2) is 13.2 Å². The Balaban J connectivity index is 1.50. The summed E-state index contributed by atoms with van der Waals surface area (Å²) in [6, 6.07) is 14.3. The lowest BCUT2D eigenvalue weighted by Gasteiger charge is -2.34. The molecular weight excluding hydrogens is 468 g/mol. The van der Waals surface area contributed by atoms with Crippen LogP contribution in [-0.2, 0) is 23.0 Å². The van der Waals surface area contributed by atoms with Crippen LogP contribution >= 0.6 is 15.9 Å². The number of piperazine rings is 1. The van der Waals surface area contributed by atoms with Gasteiger partial charge in [-0.3, -0.25) is 4.90 Å². The lowest BCUT2D eigenvalue weighted by atomic mass is 10.1. The second kappa shape index (κ2) is 8.63. The Morgan fingerprint density at radius 2 is 1.80 bits per heavy atom. The SMILES string of the molecule is CCc1ccc2c(CN3CCN(S(=O)(=O)c4cccc(Br)c4)CC3)cc(=O)oc2c1. The molecule has 3 aromatic rings. The van der Waals surface area contributed by atoms with Crippen molar-refractivity contribution >= 4 is 36.9 Å². The molecule has 0 saturated carbocycles. The van der Waals surface area contributed by atoms with E-state index >= 15 is 0 Å². The van der Waals surface area contributed by atoms with Gasteiger partial charge in [0.15, 0.2) is 0 Å². The van der Waals surface area contributed by atoms with Crippen LogP contribution in [0.1, 0.15) is 18.1 Å². The van der Waals surface area contributed by atoms with Crippen LogP contribution < -0.4 is 5.63 Å². The molecule has 1 aliphatic heterocycles. The van der Waals surface area contributed by atoms with Crippen molar-refractivity contribution < 1.29 is 12.8 Å². The van der Waals surface area contributed by atoms with Crippen LogP contribution in [-0.4, -0.2) is 43.8 Å². The highest BCUT2D eigenvalue weighted by Gasteiger charge is 2.28. The zero-order valence-corrected chi connectivity index (χ0v) is 19.1. The molecule has 0 bridgehead atoms. The maximum Gasteiger partial charge on any atom is 0.336 e. The molecule has 6 nitrogen and oxygen atoms in total. The van der Waals surface area contributed by atoms with E-state index < -0.39 is 10.0 Å². The third-order valence-corrected chi connectivity index (χ3v) is 7.85. The lowest BCUT2D eigenvalue weighted by molar-refractivity contribution is 0.182. The van der Waals surface area contributed by atoms with Gasteiger partial charge in [0.05, 0.1) is 4.90 Å². The van der Waals surface area contributed by atoms with Crippen LogP contribution in [0.5, 0.6) is 0 Å². The van der Waals surface area contributed by atoms with E-state index in [1.54, 1.807) is 30.3 Å². The number of benzene rings is 2. The topological polar surface area (TPSA) is 70.8 Å². The molecule has 158 valence electrons. The molecule has 4 rings (SSSR count). The van der Waals surface area contributed by atoms with Crippen LogP contribution in [0.15, 0.2) is 67.1 Å². The summed E-state index contributed by atoms with van der Waals surface area (Å²) >= 11 is 3.34. The Morgan fingerprint density at radius 3 is 2.50 bits per heavy atom. The van der Waals surface area contributed by atoms with Gasteiger partial charge in [-0.2, -0.15) is 4.31 Å². The van der Waals surface area contributed by atoms with Crippen LogP contribution in [0.2, 0.25) is 0 Å². The number of hydrogen-bond acceptors (Lipinski definition) is 5. The van der Waals surface area contributed by atoms with Gasteiger partial charge in [-0.1, -0.05) is 41.1 Å². The fourth-order valence-electron chi connectivity index (χ4n) is 3.77. The van der Waals surface area contributed by atoms with E-state index in [1.807, 2.05) is 18.2 Å². The first-order valence-corrected chi connectivity index (χ1v) is 12.1. The summed E-state index contributed by atoms with van der Waals surface area (Å²) in [5.74, 6) is 0. The molecular formula is C22H23BrN2O4S. The summed E-state index contributed by atoms with van der Waals surface area (Å²) in [7, 11) is -3.52. The molecule has 1 saturated heterocycles. The molecule has 1 fully saturated rings. The molecule has 0 atom stereocenters. The normalized spacial score (nSPS) is 16.2. The summed E-state index contributed by atoms with van der Waals surface area (Å²) in [6.07, 6.45) is 0.873. The molecule has 0 radical (unpaired) electrons. The number of aryl methyl sites for hydroxylation is 1. The number of rotatable bonds is 5. The fourth-order valence-corrected chi connectivity index (χ4v) is 5.79. The van der Waals surface area contributed by atoms with Gasteiger partial charge < -0.3 is 4.42 Å². The Kier molecular flexibility index (Phi) is 6.11. The van der Waals surface area contributed by atoms with Gasteiger partial charge >= 0.3 is 5.63 Å². The van der Waals surface area contributed by atoms with Crippen molar-refractivity contribution in [2.24, 2.45) is 0 Å². The average Bonchev–Trinajstić information content (AvgIpc) is 2.73. The summed E-state index contributed by atoms with van der Waals surface area (Å²) in [5.41, 5.74) is 2.27. The maximum atomic E-state index is 12.9. The smallest absolute Gasteiger partial charge is 0.336 e. The molecule has 0 amide bonds. The quantitative estimate of drug-likeness (QED) is 0.510. The van der Waals surface area contributed by atoms with E-state index in [0.717, 1.165) is 27.4 Å². The largest absolute Gasteiger partial charge is 0.423 e. The second-order valence-corrected chi connectivity index (χ2v) is 10.3. The van der Waals surface area contributed by atoms with Crippen molar-refractivity contribution in [2.75, 3.05) is 26.2 Å². The van der Waals surface area contributed by atoms with Crippen molar-refractivity contribution in [3.63, 3.8) is 0 Å². The van der Waals surface area contributed by atoms with Crippen molar-refractivity contribution in [3.8, 4) is 0 Å². The Bertz CT molecular complexity index is 1230. The van der Waals surface area contributed by atoms with Crippen molar-refractivity contribution in [2.45, 2.75) is 24.8 Å². The first-order chi connectivity index (χ1) is 14.4. The molecule has 0 aliphatic carbocycles. The van der Waals surface area contributed by atoms with Crippen molar-refractivity contribution in [1.82, 2.24) is 9.21 Å². The minimum Gasteiger partial charge on any atom is -0.423 e. The number of halogens is 1. The minimum absolute atomic E-state index is 0.295. The van der Waals surface area contributed by atoms with E-state index in [0.29, 0.717) is 43.2 Å². The zero-order valence-electron chi connectivity index (χ0n) is 16.7. The molecule has 8 heteroatoms. The molecule has 2 heterocycles. The predicted octanol–water partition coefficient (Wildman–Crippen LogP) is 3.62. The van der Waals surface area contributed by atoms with Gasteiger partial charge in [0, 0.05) is 48.6 Å². The number of nitrogens with zero attached hydrogens (tertiary/aromatic N) is 2.